The highest BCUT2D eigenvalue weighted by molar-refractivity contribution is 8.07. The SMILES string of the molecule is COC1C=CCCC12[S@](=O)CC[S@]2=O. The summed E-state index contributed by atoms with van der Waals surface area (Å²) in [4.78, 5) is 0. The smallest absolute Gasteiger partial charge is 0.150 e. The molecule has 1 aliphatic carbocycles. The van der Waals surface area contributed by atoms with E-state index in [-0.39, 0.29) is 6.10 Å². The molecule has 1 spiro atoms. The molecule has 1 unspecified atom stereocenters. The topological polar surface area (TPSA) is 43.4 Å². The summed E-state index contributed by atoms with van der Waals surface area (Å²) in [6.45, 7) is 0. The highest BCUT2D eigenvalue weighted by Gasteiger charge is 2.53. The third-order valence-corrected chi connectivity index (χ3v) is 7.82. The zero-order valence-electron chi connectivity index (χ0n) is 8.10. The maximum Gasteiger partial charge on any atom is 0.150 e. The molecule has 5 heteroatoms. The molecule has 3 atom stereocenters. The van der Waals surface area contributed by atoms with Crippen molar-refractivity contribution in [2.45, 2.75) is 23.0 Å². The van der Waals surface area contributed by atoms with E-state index in [1.54, 1.807) is 7.11 Å². The quantitative estimate of drug-likeness (QED) is 0.623. The molecule has 3 nitrogen and oxygen atoms in total. The second kappa shape index (κ2) is 3.87. The molecular weight excluding hydrogens is 220 g/mol. The average molecular weight is 234 g/mol. The summed E-state index contributed by atoms with van der Waals surface area (Å²) in [5, 5.41) is 0. The van der Waals surface area contributed by atoms with Gasteiger partial charge in [0, 0.05) is 40.2 Å². The van der Waals surface area contributed by atoms with Gasteiger partial charge >= 0.3 is 0 Å². The fourth-order valence-corrected chi connectivity index (χ4v) is 6.93. The Bertz CT molecular complexity index is 295. The van der Waals surface area contributed by atoms with Gasteiger partial charge < -0.3 is 4.74 Å². The van der Waals surface area contributed by atoms with E-state index in [1.807, 2.05) is 12.2 Å². The summed E-state index contributed by atoms with van der Waals surface area (Å²) in [6.07, 6.45) is 5.27. The summed E-state index contributed by atoms with van der Waals surface area (Å²) < 4.78 is 28.6. The fraction of sp³-hybridized carbons (Fsp3) is 0.778. The third-order valence-electron chi connectivity index (χ3n) is 2.88. The van der Waals surface area contributed by atoms with Gasteiger partial charge in [0.05, 0.1) is 0 Å². The molecule has 80 valence electrons. The first-order valence-electron chi connectivity index (χ1n) is 4.68. The lowest BCUT2D eigenvalue weighted by Crippen LogP contribution is -2.48. The predicted molar refractivity (Wildman–Crippen MR) is 57.9 cm³/mol. The Labute approximate surface area is 88.8 Å². The third kappa shape index (κ3) is 1.33. The van der Waals surface area contributed by atoms with Crippen LogP contribution in [0.4, 0.5) is 0 Å². The van der Waals surface area contributed by atoms with Crippen molar-refractivity contribution in [3.05, 3.63) is 12.2 Å². The molecule has 14 heavy (non-hydrogen) atoms. The van der Waals surface area contributed by atoms with Crippen LogP contribution in [0.5, 0.6) is 0 Å². The van der Waals surface area contributed by atoms with Crippen LogP contribution >= 0.6 is 0 Å². The Morgan fingerprint density at radius 1 is 1.36 bits per heavy atom. The zero-order chi connectivity index (χ0) is 10.2. The molecule has 1 heterocycles. The standard InChI is InChI=1S/C9H14O3S2/c1-12-8-4-2-3-5-9(8)13(10)6-7-14(9)11/h2,4,8H,3,5-7H2,1H3/t8?,13-,14-/m1/s1. The lowest BCUT2D eigenvalue weighted by atomic mass is 10.0. The normalized spacial score (nSPS) is 40.5. The monoisotopic (exact) mass is 234 g/mol. The molecule has 2 aliphatic rings. The van der Waals surface area contributed by atoms with Crippen molar-refractivity contribution in [3.63, 3.8) is 0 Å². The molecule has 0 saturated carbocycles. The van der Waals surface area contributed by atoms with Crippen LogP contribution in [0.2, 0.25) is 0 Å². The van der Waals surface area contributed by atoms with Gasteiger partial charge in [-0.05, 0) is 12.8 Å². The molecule has 0 radical (unpaired) electrons. The number of ether oxygens (including phenoxy) is 1. The van der Waals surface area contributed by atoms with Gasteiger partial charge in [0.25, 0.3) is 0 Å². The van der Waals surface area contributed by atoms with E-state index < -0.39 is 25.7 Å². The van der Waals surface area contributed by atoms with Crippen LogP contribution in [0.15, 0.2) is 12.2 Å². The first kappa shape index (κ1) is 10.5. The molecule has 0 aromatic carbocycles. The summed E-state index contributed by atoms with van der Waals surface area (Å²) in [7, 11) is -0.417. The second-order valence-electron chi connectivity index (χ2n) is 3.53. The molecule has 0 aromatic rings. The molecule has 0 aromatic heterocycles. The first-order valence-corrected chi connectivity index (χ1v) is 7.32. The summed E-state index contributed by atoms with van der Waals surface area (Å²) >= 11 is 0. The molecular formula is C9H14O3S2. The predicted octanol–water partition coefficient (Wildman–Crippen LogP) is 0.559. The van der Waals surface area contributed by atoms with Crippen molar-refractivity contribution in [1.29, 1.82) is 0 Å². The Morgan fingerprint density at radius 2 is 2.00 bits per heavy atom. The molecule has 1 saturated heterocycles. The number of allylic oxidation sites excluding steroid dienone is 1. The minimum Gasteiger partial charge on any atom is -0.375 e. The first-order chi connectivity index (χ1) is 6.71. The van der Waals surface area contributed by atoms with Gasteiger partial charge in [-0.2, -0.15) is 0 Å². The molecule has 1 aliphatic heterocycles. The van der Waals surface area contributed by atoms with E-state index in [0.717, 1.165) is 12.8 Å². The zero-order valence-corrected chi connectivity index (χ0v) is 9.73. The fourth-order valence-electron chi connectivity index (χ4n) is 2.14. The molecule has 0 bridgehead atoms. The highest BCUT2D eigenvalue weighted by Crippen LogP contribution is 2.39. The van der Waals surface area contributed by atoms with Crippen LogP contribution in [-0.4, -0.2) is 37.2 Å². The van der Waals surface area contributed by atoms with E-state index in [2.05, 4.69) is 0 Å². The maximum atomic E-state index is 11.9. The van der Waals surface area contributed by atoms with Crippen LogP contribution in [0.25, 0.3) is 0 Å². The van der Waals surface area contributed by atoms with E-state index in [1.165, 1.54) is 0 Å². The van der Waals surface area contributed by atoms with Crippen LogP contribution in [0.3, 0.4) is 0 Å². The minimum atomic E-state index is -1.00. The Kier molecular flexibility index (Phi) is 2.91. The Morgan fingerprint density at radius 3 is 2.57 bits per heavy atom. The van der Waals surface area contributed by atoms with Crippen molar-refractivity contribution in [3.8, 4) is 0 Å². The van der Waals surface area contributed by atoms with Crippen molar-refractivity contribution in [2.24, 2.45) is 0 Å². The van der Waals surface area contributed by atoms with Gasteiger partial charge in [0.15, 0.2) is 4.08 Å². The maximum absolute atomic E-state index is 11.9. The van der Waals surface area contributed by atoms with Crippen LogP contribution < -0.4 is 0 Å². The molecule has 0 N–H and O–H groups in total. The Balaban J connectivity index is 2.41. The Hall–Kier alpha value is -0.000000000000000111. The number of hydrogen-bond donors (Lipinski definition) is 0. The average Bonchev–Trinajstić information content (AvgIpc) is 2.48. The number of hydrogen-bond acceptors (Lipinski definition) is 3. The van der Waals surface area contributed by atoms with Gasteiger partial charge in [-0.15, -0.1) is 0 Å². The van der Waals surface area contributed by atoms with Crippen LogP contribution in [0.1, 0.15) is 12.8 Å². The summed E-state index contributed by atoms with van der Waals surface area (Å²) in [5.74, 6) is 1.11. The highest BCUT2D eigenvalue weighted by atomic mass is 32.3. The molecule has 1 fully saturated rings. The molecule has 2 rings (SSSR count). The van der Waals surface area contributed by atoms with E-state index in [4.69, 9.17) is 4.74 Å². The van der Waals surface area contributed by atoms with Gasteiger partial charge in [-0.1, -0.05) is 12.2 Å². The van der Waals surface area contributed by atoms with Crippen molar-refractivity contribution < 1.29 is 13.2 Å². The lowest BCUT2D eigenvalue weighted by Gasteiger charge is -2.34. The molecule has 0 amide bonds. The van der Waals surface area contributed by atoms with Gasteiger partial charge in [-0.3, -0.25) is 8.42 Å². The van der Waals surface area contributed by atoms with Crippen molar-refractivity contribution in [1.82, 2.24) is 0 Å². The van der Waals surface area contributed by atoms with E-state index in [0.29, 0.717) is 11.5 Å². The largest absolute Gasteiger partial charge is 0.375 e. The van der Waals surface area contributed by atoms with Crippen LogP contribution in [0, 0.1) is 0 Å². The number of rotatable bonds is 1. The van der Waals surface area contributed by atoms with Crippen molar-refractivity contribution >= 4 is 21.6 Å². The van der Waals surface area contributed by atoms with E-state index >= 15 is 0 Å². The van der Waals surface area contributed by atoms with Gasteiger partial charge in [0.1, 0.15) is 6.10 Å². The second-order valence-corrected chi connectivity index (χ2v) is 7.45. The van der Waals surface area contributed by atoms with Crippen molar-refractivity contribution in [2.75, 3.05) is 18.6 Å². The van der Waals surface area contributed by atoms with E-state index in [9.17, 15) is 8.42 Å². The van der Waals surface area contributed by atoms with Crippen LogP contribution in [-0.2, 0) is 26.3 Å². The van der Waals surface area contributed by atoms with Gasteiger partial charge in [0.2, 0.25) is 0 Å². The summed E-state index contributed by atoms with van der Waals surface area (Å²) in [5.41, 5.74) is 0. The minimum absolute atomic E-state index is 0.236. The lowest BCUT2D eigenvalue weighted by molar-refractivity contribution is 0.122. The van der Waals surface area contributed by atoms with Gasteiger partial charge in [-0.25, -0.2) is 0 Å². The summed E-state index contributed by atoms with van der Waals surface area (Å²) in [6, 6.07) is 0. The number of methoxy groups -OCH3 is 1.